The maximum Gasteiger partial charge on any atom is 0.390 e. The second kappa shape index (κ2) is 7.08. The number of pyridine rings is 1. The van der Waals surface area contributed by atoms with E-state index in [-0.39, 0.29) is 19.6 Å². The summed E-state index contributed by atoms with van der Waals surface area (Å²) in [5.41, 5.74) is 1.31. The molecule has 0 bridgehead atoms. The molecule has 5 nitrogen and oxygen atoms in total. The lowest BCUT2D eigenvalue weighted by Crippen LogP contribution is -2.36. The summed E-state index contributed by atoms with van der Waals surface area (Å²) in [4.78, 5) is 5.77. The zero-order valence-corrected chi connectivity index (χ0v) is 11.9. The van der Waals surface area contributed by atoms with Crippen LogP contribution in [0.4, 0.5) is 13.2 Å². The zero-order chi connectivity index (χ0) is 16.2. The number of hydrogen-bond acceptors (Lipinski definition) is 4. The first-order valence-corrected chi connectivity index (χ1v) is 6.88. The third-order valence-electron chi connectivity index (χ3n) is 3.19. The number of aliphatic hydroxyl groups is 2. The molecule has 0 amide bonds. The fourth-order valence-corrected chi connectivity index (χ4v) is 2.17. The van der Waals surface area contributed by atoms with Gasteiger partial charge in [-0.2, -0.15) is 13.2 Å². The van der Waals surface area contributed by atoms with Crippen molar-refractivity contribution in [3.8, 4) is 0 Å². The molecule has 122 valence electrons. The van der Waals surface area contributed by atoms with Gasteiger partial charge >= 0.3 is 6.18 Å². The zero-order valence-electron chi connectivity index (χ0n) is 11.9. The van der Waals surface area contributed by atoms with Crippen molar-refractivity contribution in [2.75, 3.05) is 19.7 Å². The highest BCUT2D eigenvalue weighted by atomic mass is 19.4. The van der Waals surface area contributed by atoms with Crippen molar-refractivity contribution in [1.29, 1.82) is 0 Å². The molecule has 2 N–H and O–H groups in total. The third kappa shape index (κ3) is 4.97. The van der Waals surface area contributed by atoms with Gasteiger partial charge in [-0.3, -0.25) is 4.90 Å². The van der Waals surface area contributed by atoms with Crippen molar-refractivity contribution in [2.45, 2.75) is 25.2 Å². The van der Waals surface area contributed by atoms with Crippen LogP contribution < -0.4 is 0 Å². The molecule has 2 heterocycles. The van der Waals surface area contributed by atoms with Crippen molar-refractivity contribution >= 4 is 5.65 Å². The monoisotopic (exact) mass is 317 g/mol. The van der Waals surface area contributed by atoms with E-state index in [1.165, 1.54) is 4.90 Å². The number of fused-ring (bicyclic) bond motifs is 1. The summed E-state index contributed by atoms with van der Waals surface area (Å²) in [5, 5.41) is 18.4. The van der Waals surface area contributed by atoms with Gasteiger partial charge in [0, 0.05) is 32.0 Å². The van der Waals surface area contributed by atoms with E-state index in [9.17, 15) is 18.3 Å². The second-order valence-electron chi connectivity index (χ2n) is 5.14. The smallest absolute Gasteiger partial charge is 0.390 e. The Kier molecular flexibility index (Phi) is 5.38. The lowest BCUT2D eigenvalue weighted by Gasteiger charge is -2.24. The quantitative estimate of drug-likeness (QED) is 0.811. The number of rotatable bonds is 7. The topological polar surface area (TPSA) is 61.0 Å². The molecule has 8 heteroatoms. The Morgan fingerprint density at radius 1 is 1.32 bits per heavy atom. The van der Waals surface area contributed by atoms with Crippen LogP contribution >= 0.6 is 0 Å². The first-order chi connectivity index (χ1) is 10.4. The Morgan fingerprint density at radius 2 is 2.09 bits per heavy atom. The Labute approximate surface area is 125 Å². The lowest BCUT2D eigenvalue weighted by molar-refractivity contribution is -0.139. The fourth-order valence-electron chi connectivity index (χ4n) is 2.17. The number of halogens is 3. The molecule has 0 aromatic carbocycles. The molecular weight excluding hydrogens is 299 g/mol. The highest BCUT2D eigenvalue weighted by Crippen LogP contribution is 2.20. The van der Waals surface area contributed by atoms with Crippen LogP contribution in [0.15, 0.2) is 30.6 Å². The number of alkyl halides is 3. The van der Waals surface area contributed by atoms with E-state index in [1.807, 2.05) is 12.1 Å². The summed E-state index contributed by atoms with van der Waals surface area (Å²) >= 11 is 0. The number of hydrogen-bond donors (Lipinski definition) is 2. The Balaban J connectivity index is 2.06. The summed E-state index contributed by atoms with van der Waals surface area (Å²) in [6.07, 6.45) is -2.78. The average molecular weight is 317 g/mol. The van der Waals surface area contributed by atoms with Gasteiger partial charge in [0.25, 0.3) is 0 Å². The van der Waals surface area contributed by atoms with E-state index in [4.69, 9.17) is 5.11 Å². The van der Waals surface area contributed by atoms with E-state index in [1.54, 1.807) is 22.9 Å². The molecule has 0 aliphatic carbocycles. The normalized spacial score (nSPS) is 13.9. The molecule has 0 fully saturated rings. The molecule has 0 aliphatic heterocycles. The largest absolute Gasteiger partial charge is 0.394 e. The minimum absolute atomic E-state index is 0.0412. The van der Waals surface area contributed by atoms with E-state index in [0.717, 1.165) is 0 Å². The number of imidazole rings is 1. The maximum atomic E-state index is 12.4. The van der Waals surface area contributed by atoms with Crippen LogP contribution in [0.1, 0.15) is 12.1 Å². The first kappa shape index (κ1) is 16.7. The third-order valence-corrected chi connectivity index (χ3v) is 3.19. The van der Waals surface area contributed by atoms with Crippen LogP contribution in [0.3, 0.4) is 0 Å². The molecule has 0 saturated heterocycles. The minimum atomic E-state index is -4.26. The highest BCUT2D eigenvalue weighted by molar-refractivity contribution is 5.39. The van der Waals surface area contributed by atoms with Gasteiger partial charge in [-0.15, -0.1) is 0 Å². The average Bonchev–Trinajstić information content (AvgIpc) is 2.86. The molecule has 0 saturated carbocycles. The Hall–Kier alpha value is -1.64. The first-order valence-electron chi connectivity index (χ1n) is 6.88. The van der Waals surface area contributed by atoms with Crippen molar-refractivity contribution < 1.29 is 23.4 Å². The van der Waals surface area contributed by atoms with Crippen molar-refractivity contribution in [3.63, 3.8) is 0 Å². The van der Waals surface area contributed by atoms with Crippen molar-refractivity contribution in [2.24, 2.45) is 0 Å². The van der Waals surface area contributed by atoms with Gasteiger partial charge in [-0.25, -0.2) is 4.98 Å². The van der Waals surface area contributed by atoms with Crippen LogP contribution in [0.2, 0.25) is 0 Å². The standard InChI is InChI=1S/C14H18F3N3O2/c15-14(16,17)4-6-19(9-12(22)10-21)7-11-8-20-5-2-1-3-13(20)18-11/h1-3,5,8,12,21-22H,4,6-7,9-10H2/t12-/m0/s1. The van der Waals surface area contributed by atoms with Crippen molar-refractivity contribution in [1.82, 2.24) is 14.3 Å². The molecule has 1 atom stereocenters. The van der Waals surface area contributed by atoms with E-state index in [2.05, 4.69) is 4.98 Å². The molecule has 2 aromatic heterocycles. The summed E-state index contributed by atoms with van der Waals surface area (Å²) in [7, 11) is 0. The maximum absolute atomic E-state index is 12.4. The number of nitrogens with zero attached hydrogens (tertiary/aromatic N) is 3. The van der Waals surface area contributed by atoms with Crippen LogP contribution in [-0.4, -0.2) is 56.5 Å². The van der Waals surface area contributed by atoms with Gasteiger partial charge < -0.3 is 14.6 Å². The van der Waals surface area contributed by atoms with Gasteiger partial charge in [0.2, 0.25) is 0 Å². The molecule has 0 unspecified atom stereocenters. The predicted molar refractivity (Wildman–Crippen MR) is 74.2 cm³/mol. The highest BCUT2D eigenvalue weighted by Gasteiger charge is 2.28. The molecule has 0 spiro atoms. The lowest BCUT2D eigenvalue weighted by atomic mass is 10.3. The van der Waals surface area contributed by atoms with Crippen molar-refractivity contribution in [3.05, 3.63) is 36.3 Å². The summed E-state index contributed by atoms with van der Waals surface area (Å²) in [6.45, 7) is -0.614. The molecule has 2 aromatic rings. The van der Waals surface area contributed by atoms with Gasteiger partial charge in [0.15, 0.2) is 0 Å². The molecule has 0 radical (unpaired) electrons. The van der Waals surface area contributed by atoms with Crippen LogP contribution in [0.25, 0.3) is 5.65 Å². The second-order valence-corrected chi connectivity index (χ2v) is 5.14. The summed E-state index contributed by atoms with van der Waals surface area (Å²) in [5.74, 6) is 0. The molecular formula is C14H18F3N3O2. The Morgan fingerprint density at radius 3 is 2.73 bits per heavy atom. The number of aromatic nitrogens is 2. The SMILES string of the molecule is OC[C@@H](O)CN(CCC(F)(F)F)Cc1cn2ccccc2n1. The van der Waals surface area contributed by atoms with E-state index < -0.39 is 25.3 Å². The van der Waals surface area contributed by atoms with Crippen LogP contribution in [0, 0.1) is 0 Å². The van der Waals surface area contributed by atoms with Gasteiger partial charge in [0.05, 0.1) is 24.8 Å². The fraction of sp³-hybridized carbons (Fsp3) is 0.500. The molecule has 0 aliphatic rings. The number of aliphatic hydroxyl groups excluding tert-OH is 2. The Bertz CT molecular complexity index is 567. The van der Waals surface area contributed by atoms with E-state index in [0.29, 0.717) is 11.3 Å². The minimum Gasteiger partial charge on any atom is -0.394 e. The van der Waals surface area contributed by atoms with Crippen LogP contribution in [0.5, 0.6) is 0 Å². The van der Waals surface area contributed by atoms with Gasteiger partial charge in [-0.1, -0.05) is 6.07 Å². The van der Waals surface area contributed by atoms with Gasteiger partial charge in [-0.05, 0) is 12.1 Å². The van der Waals surface area contributed by atoms with Crippen LogP contribution in [-0.2, 0) is 6.54 Å². The molecule has 22 heavy (non-hydrogen) atoms. The summed E-state index contributed by atoms with van der Waals surface area (Å²) in [6, 6.07) is 5.45. The summed E-state index contributed by atoms with van der Waals surface area (Å²) < 4.78 is 38.9. The van der Waals surface area contributed by atoms with Gasteiger partial charge in [0.1, 0.15) is 5.65 Å². The van der Waals surface area contributed by atoms with E-state index >= 15 is 0 Å². The molecule has 2 rings (SSSR count). The predicted octanol–water partition coefficient (Wildman–Crippen LogP) is 1.44.